The molecule has 0 radical (unpaired) electrons. The molecule has 3 fully saturated rings. The largest absolute Gasteiger partial charge is 0.373 e. The van der Waals surface area contributed by atoms with Crippen LogP contribution in [0.4, 0.5) is 0 Å². The van der Waals surface area contributed by atoms with Gasteiger partial charge in [-0.05, 0) is 44.4 Å². The van der Waals surface area contributed by atoms with E-state index in [9.17, 15) is 9.59 Å². The van der Waals surface area contributed by atoms with Crippen LogP contribution in [0.25, 0.3) is 0 Å². The van der Waals surface area contributed by atoms with Gasteiger partial charge >= 0.3 is 0 Å². The lowest BCUT2D eigenvalue weighted by Gasteiger charge is -2.35. The van der Waals surface area contributed by atoms with Gasteiger partial charge in [0.1, 0.15) is 0 Å². The van der Waals surface area contributed by atoms with Crippen molar-refractivity contribution in [2.24, 2.45) is 0 Å². The van der Waals surface area contributed by atoms with Gasteiger partial charge < -0.3 is 14.5 Å². The number of ether oxygens (including phenoxy) is 1. The normalized spacial score (nSPS) is 25.6. The standard InChI is InChI=1S/C26H40N4O3/c1-21-17-28(18-22(2)33-21)19-23-7-9-24(10-8-23)26(32)30-15-13-27(14-16-30)20-25(31)29-11-5-3-4-6-12-29/h7-10,21-22H,3-6,11-20H2,1-2H3. The first-order valence-electron chi connectivity index (χ1n) is 12.7. The number of carbonyl (C=O) groups is 2. The van der Waals surface area contributed by atoms with Crippen molar-refractivity contribution in [2.75, 3.05) is 58.9 Å². The van der Waals surface area contributed by atoms with Gasteiger partial charge in [0.25, 0.3) is 5.91 Å². The quantitative estimate of drug-likeness (QED) is 0.681. The highest BCUT2D eigenvalue weighted by atomic mass is 16.5. The summed E-state index contributed by atoms with van der Waals surface area (Å²) in [5.74, 6) is 0.338. The molecule has 0 aromatic heterocycles. The van der Waals surface area contributed by atoms with Crippen molar-refractivity contribution in [1.29, 1.82) is 0 Å². The third-order valence-corrected chi connectivity index (χ3v) is 7.08. The lowest BCUT2D eigenvalue weighted by molar-refractivity contribution is -0.132. The molecule has 1 aromatic rings. The van der Waals surface area contributed by atoms with Gasteiger partial charge in [0, 0.05) is 64.5 Å². The summed E-state index contributed by atoms with van der Waals surface area (Å²) in [6.45, 7) is 12.2. The van der Waals surface area contributed by atoms with E-state index in [2.05, 4.69) is 35.8 Å². The van der Waals surface area contributed by atoms with Crippen molar-refractivity contribution >= 4 is 11.8 Å². The molecule has 3 aliphatic heterocycles. The molecule has 7 nitrogen and oxygen atoms in total. The van der Waals surface area contributed by atoms with Gasteiger partial charge in [0.05, 0.1) is 18.8 Å². The van der Waals surface area contributed by atoms with Crippen LogP contribution in [0.1, 0.15) is 55.5 Å². The number of piperazine rings is 1. The van der Waals surface area contributed by atoms with Crippen molar-refractivity contribution in [2.45, 2.75) is 58.3 Å². The number of hydrogen-bond acceptors (Lipinski definition) is 5. The van der Waals surface area contributed by atoms with Gasteiger partial charge in [-0.2, -0.15) is 0 Å². The molecule has 3 saturated heterocycles. The Labute approximate surface area is 198 Å². The summed E-state index contributed by atoms with van der Waals surface area (Å²) in [5, 5.41) is 0. The van der Waals surface area contributed by atoms with E-state index in [1.165, 1.54) is 18.4 Å². The fourth-order valence-corrected chi connectivity index (χ4v) is 5.33. The van der Waals surface area contributed by atoms with Crippen LogP contribution in [0.3, 0.4) is 0 Å². The predicted molar refractivity (Wildman–Crippen MR) is 129 cm³/mol. The fourth-order valence-electron chi connectivity index (χ4n) is 5.33. The molecule has 0 bridgehead atoms. The first-order valence-corrected chi connectivity index (χ1v) is 12.7. The number of amides is 2. The van der Waals surface area contributed by atoms with Crippen LogP contribution in [0.5, 0.6) is 0 Å². The molecule has 3 heterocycles. The van der Waals surface area contributed by atoms with E-state index in [0.717, 1.165) is 64.2 Å². The number of morpholine rings is 1. The van der Waals surface area contributed by atoms with E-state index < -0.39 is 0 Å². The number of hydrogen-bond donors (Lipinski definition) is 0. The van der Waals surface area contributed by atoms with Crippen molar-refractivity contribution in [1.82, 2.24) is 19.6 Å². The fraction of sp³-hybridized carbons (Fsp3) is 0.692. The third kappa shape index (κ3) is 6.78. The minimum absolute atomic E-state index is 0.0914. The highest BCUT2D eigenvalue weighted by molar-refractivity contribution is 5.94. The molecule has 0 saturated carbocycles. The molecule has 2 unspecified atom stereocenters. The number of rotatable bonds is 5. The smallest absolute Gasteiger partial charge is 0.253 e. The molecule has 0 spiro atoms. The summed E-state index contributed by atoms with van der Waals surface area (Å²) in [4.78, 5) is 34.2. The van der Waals surface area contributed by atoms with Crippen LogP contribution in [-0.2, 0) is 16.1 Å². The second kappa shape index (κ2) is 11.4. The van der Waals surface area contributed by atoms with Gasteiger partial charge in [-0.1, -0.05) is 25.0 Å². The Morgan fingerprint density at radius 1 is 0.788 bits per heavy atom. The third-order valence-electron chi connectivity index (χ3n) is 7.08. The molecular formula is C26H40N4O3. The summed E-state index contributed by atoms with van der Waals surface area (Å²) >= 11 is 0. The first-order chi connectivity index (χ1) is 16.0. The topological polar surface area (TPSA) is 56.3 Å². The van der Waals surface area contributed by atoms with E-state index in [0.29, 0.717) is 19.6 Å². The van der Waals surface area contributed by atoms with Gasteiger partial charge in [-0.15, -0.1) is 0 Å². The minimum atomic E-state index is 0.0914. The minimum Gasteiger partial charge on any atom is -0.373 e. The Kier molecular flexibility index (Phi) is 8.39. The van der Waals surface area contributed by atoms with Crippen LogP contribution in [-0.4, -0.2) is 103 Å². The molecule has 7 heteroatoms. The van der Waals surface area contributed by atoms with Crippen LogP contribution < -0.4 is 0 Å². The van der Waals surface area contributed by atoms with E-state index in [-0.39, 0.29) is 24.0 Å². The molecule has 2 amide bonds. The van der Waals surface area contributed by atoms with Gasteiger partial charge in [0.15, 0.2) is 0 Å². The maximum absolute atomic E-state index is 13.0. The Morgan fingerprint density at radius 3 is 2.00 bits per heavy atom. The van der Waals surface area contributed by atoms with Crippen LogP contribution >= 0.6 is 0 Å². The molecule has 3 aliphatic rings. The van der Waals surface area contributed by atoms with Crippen LogP contribution in [0.15, 0.2) is 24.3 Å². The van der Waals surface area contributed by atoms with Gasteiger partial charge in [-0.3, -0.25) is 19.4 Å². The van der Waals surface area contributed by atoms with Crippen molar-refractivity contribution < 1.29 is 14.3 Å². The second-order valence-electron chi connectivity index (χ2n) is 10.0. The Balaban J connectivity index is 1.23. The summed E-state index contributed by atoms with van der Waals surface area (Å²) in [5.41, 5.74) is 1.97. The SMILES string of the molecule is CC1CN(Cc2ccc(C(=O)N3CCN(CC(=O)N4CCCCCC4)CC3)cc2)CC(C)O1. The zero-order valence-electron chi connectivity index (χ0n) is 20.4. The van der Waals surface area contributed by atoms with Gasteiger partial charge in [-0.25, -0.2) is 0 Å². The van der Waals surface area contributed by atoms with E-state index >= 15 is 0 Å². The number of likely N-dealkylation sites (tertiary alicyclic amines) is 1. The summed E-state index contributed by atoms with van der Waals surface area (Å²) < 4.78 is 5.82. The summed E-state index contributed by atoms with van der Waals surface area (Å²) in [6, 6.07) is 8.07. The highest BCUT2D eigenvalue weighted by Gasteiger charge is 2.26. The molecule has 4 rings (SSSR count). The lowest BCUT2D eigenvalue weighted by atomic mass is 10.1. The monoisotopic (exact) mass is 456 g/mol. The molecular weight excluding hydrogens is 416 g/mol. The maximum atomic E-state index is 13.0. The van der Waals surface area contributed by atoms with Gasteiger partial charge in [0.2, 0.25) is 5.91 Å². The number of carbonyl (C=O) groups excluding carboxylic acids is 2. The predicted octanol–water partition coefficient (Wildman–Crippen LogP) is 2.46. The van der Waals surface area contributed by atoms with Crippen LogP contribution in [0, 0.1) is 0 Å². The average molecular weight is 457 g/mol. The molecule has 1 aromatic carbocycles. The Hall–Kier alpha value is -1.96. The number of benzene rings is 1. The van der Waals surface area contributed by atoms with E-state index in [4.69, 9.17) is 4.74 Å². The second-order valence-corrected chi connectivity index (χ2v) is 10.0. The molecule has 0 N–H and O–H groups in total. The maximum Gasteiger partial charge on any atom is 0.253 e. The molecule has 182 valence electrons. The number of nitrogens with zero attached hydrogens (tertiary/aromatic N) is 4. The average Bonchev–Trinajstić information content (AvgIpc) is 3.09. The van der Waals surface area contributed by atoms with E-state index in [1.54, 1.807) is 0 Å². The molecule has 0 aliphatic carbocycles. The van der Waals surface area contributed by atoms with E-state index in [1.807, 2.05) is 21.9 Å². The van der Waals surface area contributed by atoms with Crippen molar-refractivity contribution in [3.8, 4) is 0 Å². The van der Waals surface area contributed by atoms with Crippen molar-refractivity contribution in [3.05, 3.63) is 35.4 Å². The Bertz CT molecular complexity index is 773. The summed E-state index contributed by atoms with van der Waals surface area (Å²) in [7, 11) is 0. The van der Waals surface area contributed by atoms with Crippen LogP contribution in [0.2, 0.25) is 0 Å². The highest BCUT2D eigenvalue weighted by Crippen LogP contribution is 2.16. The Morgan fingerprint density at radius 2 is 1.39 bits per heavy atom. The zero-order valence-corrected chi connectivity index (χ0v) is 20.4. The van der Waals surface area contributed by atoms with Crippen molar-refractivity contribution in [3.63, 3.8) is 0 Å². The summed E-state index contributed by atoms with van der Waals surface area (Å²) in [6.07, 6.45) is 5.23. The first kappa shape index (κ1) is 24.2. The lowest BCUT2D eigenvalue weighted by Crippen LogP contribution is -2.51. The molecule has 2 atom stereocenters. The molecule has 33 heavy (non-hydrogen) atoms. The zero-order chi connectivity index (χ0) is 23.2.